The molecule has 0 atom stereocenters. The molecule has 2 rings (SSSR count). The lowest BCUT2D eigenvalue weighted by atomic mass is 10.2. The lowest BCUT2D eigenvalue weighted by Gasteiger charge is -1.99. The molecule has 0 spiro atoms. The summed E-state index contributed by atoms with van der Waals surface area (Å²) < 4.78 is 10.8. The second kappa shape index (κ2) is 5.04. The summed E-state index contributed by atoms with van der Waals surface area (Å²) in [5, 5.41) is 0. The molecule has 90 valence electrons. The van der Waals surface area contributed by atoms with Gasteiger partial charge in [0.05, 0.1) is 12.8 Å². The van der Waals surface area contributed by atoms with Gasteiger partial charge in [-0.25, -0.2) is 4.98 Å². The maximum Gasteiger partial charge on any atom is 0.226 e. The number of methoxy groups -OCH3 is 1. The number of nitrogens with zero attached hydrogens (tertiary/aromatic N) is 1. The molecule has 0 aliphatic rings. The average molecular weight is 231 g/mol. The first-order valence-corrected chi connectivity index (χ1v) is 5.85. The van der Waals surface area contributed by atoms with Crippen LogP contribution in [-0.4, -0.2) is 12.1 Å². The van der Waals surface area contributed by atoms with Crippen molar-refractivity contribution in [2.75, 3.05) is 7.11 Å². The van der Waals surface area contributed by atoms with Gasteiger partial charge in [0, 0.05) is 5.56 Å². The minimum atomic E-state index is 0.689. The van der Waals surface area contributed by atoms with Crippen LogP contribution in [0.4, 0.5) is 0 Å². The number of hydrogen-bond acceptors (Lipinski definition) is 3. The van der Waals surface area contributed by atoms with Crippen molar-refractivity contribution < 1.29 is 9.15 Å². The molecule has 3 nitrogen and oxygen atoms in total. The summed E-state index contributed by atoms with van der Waals surface area (Å²) in [6, 6.07) is 7.74. The number of benzene rings is 1. The zero-order valence-corrected chi connectivity index (χ0v) is 10.5. The Labute approximate surface area is 101 Å². The third-order valence-corrected chi connectivity index (χ3v) is 2.72. The first kappa shape index (κ1) is 11.7. The molecule has 0 aliphatic heterocycles. The Kier molecular flexibility index (Phi) is 3.47. The van der Waals surface area contributed by atoms with Gasteiger partial charge in [-0.1, -0.05) is 13.3 Å². The van der Waals surface area contributed by atoms with Crippen LogP contribution in [-0.2, 0) is 6.42 Å². The molecule has 0 radical (unpaired) electrons. The fourth-order valence-electron chi connectivity index (χ4n) is 1.75. The van der Waals surface area contributed by atoms with Gasteiger partial charge in [-0.3, -0.25) is 0 Å². The first-order valence-electron chi connectivity index (χ1n) is 5.85. The van der Waals surface area contributed by atoms with Crippen LogP contribution in [0.5, 0.6) is 5.75 Å². The number of aryl methyl sites for hydroxylation is 2. The minimum absolute atomic E-state index is 0.689. The molecular weight excluding hydrogens is 214 g/mol. The Bertz CT molecular complexity index is 485. The Balaban J connectivity index is 2.29. The van der Waals surface area contributed by atoms with Crippen molar-refractivity contribution in [2.24, 2.45) is 0 Å². The highest BCUT2D eigenvalue weighted by atomic mass is 16.5. The molecule has 0 aliphatic carbocycles. The van der Waals surface area contributed by atoms with Crippen LogP contribution in [0.2, 0.25) is 0 Å². The highest BCUT2D eigenvalue weighted by molar-refractivity contribution is 5.55. The second-order valence-corrected chi connectivity index (χ2v) is 4.00. The van der Waals surface area contributed by atoms with E-state index in [1.807, 2.05) is 31.2 Å². The third kappa shape index (κ3) is 2.49. The number of ether oxygens (including phenoxy) is 1. The molecular formula is C14H17NO2. The van der Waals surface area contributed by atoms with Gasteiger partial charge in [0.2, 0.25) is 5.89 Å². The van der Waals surface area contributed by atoms with E-state index in [2.05, 4.69) is 11.9 Å². The van der Waals surface area contributed by atoms with Crippen LogP contribution in [0.1, 0.15) is 24.8 Å². The molecule has 0 unspecified atom stereocenters. The number of rotatable bonds is 4. The summed E-state index contributed by atoms with van der Waals surface area (Å²) in [6.07, 6.45) is 2.04. The molecule has 0 saturated carbocycles. The van der Waals surface area contributed by atoms with E-state index in [0.717, 1.165) is 35.6 Å². The largest absolute Gasteiger partial charge is 0.497 e. The summed E-state index contributed by atoms with van der Waals surface area (Å²) in [5.41, 5.74) is 2.04. The van der Waals surface area contributed by atoms with Gasteiger partial charge in [-0.05, 0) is 37.6 Å². The monoisotopic (exact) mass is 231 g/mol. The first-order chi connectivity index (χ1) is 8.24. The van der Waals surface area contributed by atoms with Crippen molar-refractivity contribution in [1.29, 1.82) is 0 Å². The molecule has 0 amide bonds. The van der Waals surface area contributed by atoms with E-state index in [-0.39, 0.29) is 0 Å². The van der Waals surface area contributed by atoms with Gasteiger partial charge >= 0.3 is 0 Å². The quantitative estimate of drug-likeness (QED) is 0.806. The lowest BCUT2D eigenvalue weighted by molar-refractivity contribution is 0.415. The van der Waals surface area contributed by atoms with Crippen molar-refractivity contribution in [2.45, 2.75) is 26.7 Å². The molecule has 0 bridgehead atoms. The number of hydrogen-bond donors (Lipinski definition) is 0. The standard InChI is InChI=1S/C14H17NO2/c1-4-5-13-10(2)17-14(15-13)11-6-8-12(16-3)9-7-11/h6-9H,4-5H2,1-3H3. The Morgan fingerprint density at radius 2 is 1.94 bits per heavy atom. The predicted molar refractivity (Wildman–Crippen MR) is 67.2 cm³/mol. The molecule has 0 saturated heterocycles. The fraction of sp³-hybridized carbons (Fsp3) is 0.357. The van der Waals surface area contributed by atoms with Crippen LogP contribution >= 0.6 is 0 Å². The van der Waals surface area contributed by atoms with Crippen molar-refractivity contribution >= 4 is 0 Å². The molecule has 1 aromatic heterocycles. The molecule has 1 heterocycles. The van der Waals surface area contributed by atoms with Gasteiger partial charge in [0.1, 0.15) is 11.5 Å². The highest BCUT2D eigenvalue weighted by Crippen LogP contribution is 2.24. The molecule has 17 heavy (non-hydrogen) atoms. The molecule has 1 aromatic carbocycles. The SMILES string of the molecule is CCCc1nc(-c2ccc(OC)cc2)oc1C. The maximum atomic E-state index is 5.67. The van der Waals surface area contributed by atoms with E-state index in [1.165, 1.54) is 0 Å². The third-order valence-electron chi connectivity index (χ3n) is 2.72. The van der Waals surface area contributed by atoms with Crippen molar-refractivity contribution in [3.05, 3.63) is 35.7 Å². The average Bonchev–Trinajstić information content (AvgIpc) is 2.72. The maximum absolute atomic E-state index is 5.67. The van der Waals surface area contributed by atoms with E-state index in [9.17, 15) is 0 Å². The molecule has 0 N–H and O–H groups in total. The topological polar surface area (TPSA) is 35.3 Å². The number of aromatic nitrogens is 1. The summed E-state index contributed by atoms with van der Waals surface area (Å²) in [6.45, 7) is 4.10. The summed E-state index contributed by atoms with van der Waals surface area (Å²) in [5.74, 6) is 2.44. The Hall–Kier alpha value is -1.77. The zero-order chi connectivity index (χ0) is 12.3. The van der Waals surface area contributed by atoms with Crippen LogP contribution < -0.4 is 4.74 Å². The minimum Gasteiger partial charge on any atom is -0.497 e. The lowest BCUT2D eigenvalue weighted by Crippen LogP contribution is -1.86. The van der Waals surface area contributed by atoms with E-state index in [1.54, 1.807) is 7.11 Å². The van der Waals surface area contributed by atoms with Crippen LogP contribution in [0.3, 0.4) is 0 Å². The summed E-state index contributed by atoms with van der Waals surface area (Å²) >= 11 is 0. The van der Waals surface area contributed by atoms with Crippen molar-refractivity contribution in [3.8, 4) is 17.2 Å². The zero-order valence-electron chi connectivity index (χ0n) is 10.5. The van der Waals surface area contributed by atoms with E-state index < -0.39 is 0 Å². The van der Waals surface area contributed by atoms with Gasteiger partial charge < -0.3 is 9.15 Å². The highest BCUT2D eigenvalue weighted by Gasteiger charge is 2.10. The van der Waals surface area contributed by atoms with E-state index in [4.69, 9.17) is 9.15 Å². The molecule has 2 aromatic rings. The van der Waals surface area contributed by atoms with E-state index in [0.29, 0.717) is 5.89 Å². The van der Waals surface area contributed by atoms with Crippen molar-refractivity contribution in [3.63, 3.8) is 0 Å². The van der Waals surface area contributed by atoms with E-state index >= 15 is 0 Å². The summed E-state index contributed by atoms with van der Waals surface area (Å²) in [7, 11) is 1.66. The second-order valence-electron chi connectivity index (χ2n) is 4.00. The smallest absolute Gasteiger partial charge is 0.226 e. The number of oxazole rings is 1. The van der Waals surface area contributed by atoms with Gasteiger partial charge in [-0.15, -0.1) is 0 Å². The van der Waals surface area contributed by atoms with Crippen LogP contribution in [0, 0.1) is 6.92 Å². The van der Waals surface area contributed by atoms with Gasteiger partial charge in [-0.2, -0.15) is 0 Å². The molecule has 3 heteroatoms. The Morgan fingerprint density at radius 1 is 1.24 bits per heavy atom. The molecule has 0 fully saturated rings. The fourth-order valence-corrected chi connectivity index (χ4v) is 1.75. The van der Waals surface area contributed by atoms with Crippen molar-refractivity contribution in [1.82, 2.24) is 4.98 Å². The predicted octanol–water partition coefficient (Wildman–Crippen LogP) is 3.61. The van der Waals surface area contributed by atoms with Gasteiger partial charge in [0.15, 0.2) is 0 Å². The van der Waals surface area contributed by atoms with Gasteiger partial charge in [0.25, 0.3) is 0 Å². The summed E-state index contributed by atoms with van der Waals surface area (Å²) in [4.78, 5) is 4.52. The Morgan fingerprint density at radius 3 is 2.53 bits per heavy atom. The normalized spacial score (nSPS) is 10.5. The van der Waals surface area contributed by atoms with Crippen LogP contribution in [0.15, 0.2) is 28.7 Å². The van der Waals surface area contributed by atoms with Crippen LogP contribution in [0.25, 0.3) is 11.5 Å².